The van der Waals surface area contributed by atoms with E-state index in [4.69, 9.17) is 15.2 Å². The molecular weight excluding hydrogens is 311 g/mol. The van der Waals surface area contributed by atoms with Crippen molar-refractivity contribution in [1.82, 2.24) is 0 Å². The highest BCUT2D eigenvalue weighted by molar-refractivity contribution is 5.95. The summed E-state index contributed by atoms with van der Waals surface area (Å²) in [5, 5.41) is 19.9. The van der Waals surface area contributed by atoms with Crippen molar-refractivity contribution in [2.75, 3.05) is 13.2 Å². The molecular formula is C17H18FN4O2+. The zero-order valence-corrected chi connectivity index (χ0v) is 13.5. The monoisotopic (exact) mass is 329 g/mol. The molecule has 0 bridgehead atoms. The number of ether oxygens (including phenoxy) is 2. The van der Waals surface area contributed by atoms with E-state index in [0.29, 0.717) is 5.56 Å². The number of nitrogens with two attached hydrogens (primary N) is 1. The molecule has 124 valence electrons. The number of hydrogen-bond acceptors (Lipinski definition) is 5. The summed E-state index contributed by atoms with van der Waals surface area (Å²) in [6.07, 6.45) is 0. The van der Waals surface area contributed by atoms with Crippen molar-refractivity contribution in [1.29, 1.82) is 10.5 Å². The second kappa shape index (κ2) is 5.27. The third-order valence-corrected chi connectivity index (χ3v) is 4.90. The third-order valence-electron chi connectivity index (χ3n) is 4.90. The van der Waals surface area contributed by atoms with E-state index in [2.05, 4.69) is 17.1 Å². The first-order valence-electron chi connectivity index (χ1n) is 7.76. The summed E-state index contributed by atoms with van der Waals surface area (Å²) in [6.45, 7) is 4.07. The normalized spacial score (nSPS) is 32.4. The van der Waals surface area contributed by atoms with Gasteiger partial charge in [-0.15, -0.1) is 0 Å². The lowest BCUT2D eigenvalue weighted by Crippen LogP contribution is -2.91. The Labute approximate surface area is 139 Å². The molecule has 0 saturated heterocycles. The molecule has 0 amide bonds. The zero-order chi connectivity index (χ0) is 17.6. The summed E-state index contributed by atoms with van der Waals surface area (Å²) in [5.41, 5.74) is 4.13. The SMILES string of the molecule is CCOC1(OCC)[NH+]=C(N)[C@@]2(C#N)[C@H](c3ccc(F)cc3)[C@@]12C#N. The Hall–Kier alpha value is -2.48. The maximum atomic E-state index is 13.3. The van der Waals surface area contributed by atoms with E-state index in [1.165, 1.54) is 12.1 Å². The van der Waals surface area contributed by atoms with E-state index in [9.17, 15) is 14.9 Å². The number of amidine groups is 1. The van der Waals surface area contributed by atoms with Crippen molar-refractivity contribution in [2.45, 2.75) is 25.7 Å². The van der Waals surface area contributed by atoms with Crippen LogP contribution in [0.25, 0.3) is 0 Å². The number of benzene rings is 1. The molecule has 0 radical (unpaired) electrons. The van der Waals surface area contributed by atoms with Gasteiger partial charge in [0.25, 0.3) is 5.84 Å². The fraction of sp³-hybridized carbons (Fsp3) is 0.471. The van der Waals surface area contributed by atoms with Gasteiger partial charge in [-0.3, -0.25) is 5.73 Å². The molecule has 0 spiro atoms. The number of fused-ring (bicyclic) bond motifs is 1. The van der Waals surface area contributed by atoms with Crippen molar-refractivity contribution >= 4 is 5.84 Å². The predicted octanol–water partition coefficient (Wildman–Crippen LogP) is 0.121. The number of nitriles is 2. The summed E-state index contributed by atoms with van der Waals surface area (Å²) in [7, 11) is 0. The topological polar surface area (TPSA) is 106 Å². The molecule has 1 aliphatic carbocycles. The van der Waals surface area contributed by atoms with Crippen molar-refractivity contribution in [3.63, 3.8) is 0 Å². The van der Waals surface area contributed by atoms with Crippen LogP contribution in [0.4, 0.5) is 4.39 Å². The van der Waals surface area contributed by atoms with Crippen LogP contribution in [-0.2, 0) is 9.47 Å². The highest BCUT2D eigenvalue weighted by Crippen LogP contribution is 2.78. The Morgan fingerprint density at radius 1 is 1.17 bits per heavy atom. The number of hydrogen-bond donors (Lipinski definition) is 2. The minimum Gasteiger partial charge on any atom is -0.314 e. The first-order valence-corrected chi connectivity index (χ1v) is 7.76. The summed E-state index contributed by atoms with van der Waals surface area (Å²) >= 11 is 0. The molecule has 1 aromatic rings. The molecule has 24 heavy (non-hydrogen) atoms. The van der Waals surface area contributed by atoms with E-state index in [1.54, 1.807) is 26.0 Å². The van der Waals surface area contributed by atoms with Crippen LogP contribution in [0.2, 0.25) is 0 Å². The Bertz CT molecular complexity index is 773. The quantitative estimate of drug-likeness (QED) is 0.747. The van der Waals surface area contributed by atoms with Crippen molar-refractivity contribution in [3.05, 3.63) is 35.6 Å². The molecule has 0 unspecified atom stereocenters. The summed E-state index contributed by atoms with van der Waals surface area (Å²) in [6, 6.07) is 10.1. The predicted molar refractivity (Wildman–Crippen MR) is 81.4 cm³/mol. The second-order valence-electron chi connectivity index (χ2n) is 5.85. The smallest absolute Gasteiger partial charge is 0.314 e. The van der Waals surface area contributed by atoms with Gasteiger partial charge in [-0.05, 0) is 31.5 Å². The van der Waals surface area contributed by atoms with Crippen molar-refractivity contribution in [3.8, 4) is 12.1 Å². The van der Waals surface area contributed by atoms with E-state index in [1.807, 2.05) is 0 Å². The van der Waals surface area contributed by atoms with Gasteiger partial charge in [-0.2, -0.15) is 10.5 Å². The number of nitrogens with one attached hydrogen (secondary N) is 1. The maximum Gasteiger partial charge on any atom is 0.343 e. The Morgan fingerprint density at radius 3 is 2.21 bits per heavy atom. The first-order chi connectivity index (χ1) is 11.5. The molecule has 1 heterocycles. The van der Waals surface area contributed by atoms with Crippen LogP contribution >= 0.6 is 0 Å². The molecule has 7 heteroatoms. The second-order valence-corrected chi connectivity index (χ2v) is 5.85. The number of nitrogens with zero attached hydrogens (tertiary/aromatic N) is 2. The van der Waals surface area contributed by atoms with Crippen LogP contribution in [0.3, 0.4) is 0 Å². The van der Waals surface area contributed by atoms with Gasteiger partial charge >= 0.3 is 5.91 Å². The van der Waals surface area contributed by atoms with Gasteiger partial charge in [-0.25, -0.2) is 9.38 Å². The molecule has 1 fully saturated rings. The standard InChI is InChI=1S/C17H17FN4O2/c1-3-23-17(24-4-2)16(10-20)13(11-5-7-12(18)8-6-11)15(16,9-19)14(21)22-17/h5-8,13H,3-4H2,1-2H3,(H2,21,22)/p+1/t13-,15+,16+/m0/s1. The van der Waals surface area contributed by atoms with Gasteiger partial charge in [0.2, 0.25) is 0 Å². The van der Waals surface area contributed by atoms with Gasteiger partial charge in [0.1, 0.15) is 5.82 Å². The summed E-state index contributed by atoms with van der Waals surface area (Å²) in [5.74, 6) is -2.33. The van der Waals surface area contributed by atoms with Crippen LogP contribution in [-0.4, -0.2) is 25.0 Å². The molecule has 0 aromatic heterocycles. The van der Waals surface area contributed by atoms with E-state index < -0.39 is 28.5 Å². The fourth-order valence-corrected chi connectivity index (χ4v) is 4.01. The van der Waals surface area contributed by atoms with Crippen molar-refractivity contribution < 1.29 is 18.9 Å². The Balaban J connectivity index is 2.21. The maximum absolute atomic E-state index is 13.3. The van der Waals surface area contributed by atoms with Gasteiger partial charge in [0.15, 0.2) is 10.8 Å². The van der Waals surface area contributed by atoms with Gasteiger partial charge < -0.3 is 9.47 Å². The fourth-order valence-electron chi connectivity index (χ4n) is 4.01. The summed E-state index contributed by atoms with van der Waals surface area (Å²) < 4.78 is 24.8. The van der Waals surface area contributed by atoms with Gasteiger partial charge in [0.05, 0.1) is 25.4 Å². The highest BCUT2D eigenvalue weighted by Gasteiger charge is 2.97. The molecule has 2 aliphatic rings. The lowest BCUT2D eigenvalue weighted by atomic mass is 9.93. The molecule has 3 N–H and O–H groups in total. The summed E-state index contributed by atoms with van der Waals surface area (Å²) in [4.78, 5) is 2.89. The minimum atomic E-state index is -1.51. The van der Waals surface area contributed by atoms with Gasteiger partial charge in [0, 0.05) is 5.92 Å². The molecule has 1 saturated carbocycles. The third kappa shape index (κ3) is 1.61. The van der Waals surface area contributed by atoms with Crippen molar-refractivity contribution in [2.24, 2.45) is 16.6 Å². The zero-order valence-electron chi connectivity index (χ0n) is 13.5. The average Bonchev–Trinajstić information content (AvgIpc) is 3.15. The molecule has 3 atom stereocenters. The van der Waals surface area contributed by atoms with E-state index in [-0.39, 0.29) is 19.0 Å². The molecule has 6 nitrogen and oxygen atoms in total. The molecule has 1 aliphatic heterocycles. The van der Waals surface area contributed by atoms with Crippen LogP contribution in [0.15, 0.2) is 24.3 Å². The highest BCUT2D eigenvalue weighted by atomic mass is 19.1. The number of rotatable bonds is 5. The Kier molecular flexibility index (Phi) is 3.60. The van der Waals surface area contributed by atoms with Crippen LogP contribution in [0.1, 0.15) is 25.3 Å². The van der Waals surface area contributed by atoms with Crippen LogP contribution in [0, 0.1) is 39.3 Å². The van der Waals surface area contributed by atoms with Gasteiger partial charge in [-0.1, -0.05) is 12.1 Å². The van der Waals surface area contributed by atoms with Crippen LogP contribution in [0.5, 0.6) is 0 Å². The largest absolute Gasteiger partial charge is 0.343 e. The van der Waals surface area contributed by atoms with E-state index >= 15 is 0 Å². The minimum absolute atomic E-state index is 0.141. The lowest BCUT2D eigenvalue weighted by molar-refractivity contribution is -0.693. The average molecular weight is 329 g/mol. The lowest BCUT2D eigenvalue weighted by Gasteiger charge is -2.29. The molecule has 1 aromatic carbocycles. The first kappa shape index (κ1) is 16.4. The molecule has 3 rings (SSSR count). The Morgan fingerprint density at radius 2 is 1.75 bits per heavy atom. The van der Waals surface area contributed by atoms with Crippen LogP contribution < -0.4 is 10.7 Å². The van der Waals surface area contributed by atoms with E-state index in [0.717, 1.165) is 0 Å². The number of halogens is 1.